The van der Waals surface area contributed by atoms with Crippen LogP contribution in [0, 0.1) is 0 Å². The van der Waals surface area contributed by atoms with Gasteiger partial charge in [0.1, 0.15) is 0 Å². The second-order valence-corrected chi connectivity index (χ2v) is 4.85. The zero-order chi connectivity index (χ0) is 15.2. The number of carbonyl (C=O) groups is 2. The Kier molecular flexibility index (Phi) is 2.93. The topological polar surface area (TPSA) is 34.1 Å². The third kappa shape index (κ3) is 2.24. The molecule has 0 aliphatic heterocycles. The predicted octanol–water partition coefficient (Wildman–Crippen LogP) is 3.57. The predicted molar refractivity (Wildman–Crippen MR) is 70.1 cm³/mol. The maximum Gasteiger partial charge on any atom is 0.450 e. The highest BCUT2D eigenvalue weighted by molar-refractivity contribution is 6.21. The van der Waals surface area contributed by atoms with Crippen LogP contribution in [0.4, 0.5) is 13.2 Å². The first-order chi connectivity index (χ1) is 9.88. The average Bonchev–Trinajstić information content (AvgIpc) is 2.72. The molecule has 0 unspecified atom stereocenters. The van der Waals surface area contributed by atoms with Gasteiger partial charge in [0.25, 0.3) is 0 Å². The van der Waals surface area contributed by atoms with Crippen LogP contribution in [0.15, 0.2) is 42.5 Å². The van der Waals surface area contributed by atoms with Crippen LogP contribution >= 0.6 is 0 Å². The van der Waals surface area contributed by atoms with Gasteiger partial charge in [0.15, 0.2) is 5.78 Å². The molecule has 2 nitrogen and oxygen atoms in total. The summed E-state index contributed by atoms with van der Waals surface area (Å²) in [6.07, 6.45) is -5.60. The Hall–Kier alpha value is -2.43. The monoisotopic (exact) mass is 290 g/mol. The summed E-state index contributed by atoms with van der Waals surface area (Å²) in [5, 5.41) is 0. The van der Waals surface area contributed by atoms with Gasteiger partial charge < -0.3 is 0 Å². The third-order valence-electron chi connectivity index (χ3n) is 3.47. The normalized spacial score (nSPS) is 13.0. The number of Topliss-reactive ketones (excluding diaryl/α,β-unsaturated/α-hetero) is 1. The molecule has 0 aromatic heterocycles. The first kappa shape index (κ1) is 13.5. The van der Waals surface area contributed by atoms with Crippen LogP contribution in [0.3, 0.4) is 0 Å². The SMILES string of the molecule is O=C1c2ccccc2-c2ccc(CC(=O)C(F)(F)F)cc21. The van der Waals surface area contributed by atoms with Gasteiger partial charge in [0.05, 0.1) is 0 Å². The average molecular weight is 290 g/mol. The van der Waals surface area contributed by atoms with Gasteiger partial charge in [0, 0.05) is 17.5 Å². The van der Waals surface area contributed by atoms with Gasteiger partial charge in [-0.2, -0.15) is 13.2 Å². The van der Waals surface area contributed by atoms with E-state index in [9.17, 15) is 22.8 Å². The van der Waals surface area contributed by atoms with E-state index in [-0.39, 0.29) is 11.3 Å². The van der Waals surface area contributed by atoms with Crippen LogP contribution in [-0.2, 0) is 11.2 Å². The first-order valence-corrected chi connectivity index (χ1v) is 6.25. The smallest absolute Gasteiger partial charge is 0.289 e. The molecule has 2 aromatic rings. The molecular weight excluding hydrogens is 281 g/mol. The van der Waals surface area contributed by atoms with Crippen LogP contribution in [0.1, 0.15) is 21.5 Å². The number of hydrogen-bond donors (Lipinski definition) is 0. The molecule has 106 valence electrons. The van der Waals surface area contributed by atoms with Crippen molar-refractivity contribution in [2.45, 2.75) is 12.6 Å². The van der Waals surface area contributed by atoms with Crippen LogP contribution in [0.2, 0.25) is 0 Å². The molecule has 0 saturated carbocycles. The maximum absolute atomic E-state index is 12.3. The highest BCUT2D eigenvalue weighted by Crippen LogP contribution is 2.36. The zero-order valence-corrected chi connectivity index (χ0v) is 10.7. The lowest BCUT2D eigenvalue weighted by atomic mass is 10.0. The molecule has 0 atom stereocenters. The van der Waals surface area contributed by atoms with Crippen molar-refractivity contribution >= 4 is 11.6 Å². The van der Waals surface area contributed by atoms with E-state index in [1.165, 1.54) is 12.1 Å². The van der Waals surface area contributed by atoms with Crippen molar-refractivity contribution in [1.29, 1.82) is 0 Å². The number of rotatable bonds is 2. The lowest BCUT2D eigenvalue weighted by Crippen LogP contribution is -2.24. The van der Waals surface area contributed by atoms with Crippen LogP contribution < -0.4 is 0 Å². The molecule has 2 aromatic carbocycles. The van der Waals surface area contributed by atoms with E-state index in [4.69, 9.17) is 0 Å². The summed E-state index contributed by atoms with van der Waals surface area (Å²) in [6, 6.07) is 11.4. The highest BCUT2D eigenvalue weighted by Gasteiger charge is 2.38. The van der Waals surface area contributed by atoms with Gasteiger partial charge >= 0.3 is 6.18 Å². The van der Waals surface area contributed by atoms with Crippen LogP contribution in [0.5, 0.6) is 0 Å². The van der Waals surface area contributed by atoms with E-state index >= 15 is 0 Å². The fraction of sp³-hybridized carbons (Fsp3) is 0.125. The maximum atomic E-state index is 12.3. The third-order valence-corrected chi connectivity index (χ3v) is 3.47. The van der Waals surface area contributed by atoms with Crippen molar-refractivity contribution in [3.8, 4) is 11.1 Å². The fourth-order valence-corrected chi connectivity index (χ4v) is 2.47. The minimum atomic E-state index is -4.86. The van der Waals surface area contributed by atoms with Gasteiger partial charge in [-0.25, -0.2) is 0 Å². The van der Waals surface area contributed by atoms with Gasteiger partial charge in [-0.15, -0.1) is 0 Å². The molecule has 5 heteroatoms. The molecule has 0 spiro atoms. The quantitative estimate of drug-likeness (QED) is 0.723. The Balaban J connectivity index is 1.98. The molecule has 3 rings (SSSR count). The lowest BCUT2D eigenvalue weighted by Gasteiger charge is -2.06. The van der Waals surface area contributed by atoms with Crippen molar-refractivity contribution < 1.29 is 22.8 Å². The highest BCUT2D eigenvalue weighted by atomic mass is 19.4. The number of alkyl halides is 3. The van der Waals surface area contributed by atoms with Gasteiger partial charge in [-0.3, -0.25) is 9.59 Å². The Morgan fingerprint density at radius 2 is 1.52 bits per heavy atom. The molecule has 0 N–H and O–H groups in total. The number of ketones is 2. The lowest BCUT2D eigenvalue weighted by molar-refractivity contribution is -0.170. The Bertz CT molecular complexity index is 760. The van der Waals surface area contributed by atoms with Crippen molar-refractivity contribution in [2.24, 2.45) is 0 Å². The zero-order valence-electron chi connectivity index (χ0n) is 10.7. The minimum Gasteiger partial charge on any atom is -0.289 e. The van der Waals surface area contributed by atoms with E-state index in [0.29, 0.717) is 16.7 Å². The van der Waals surface area contributed by atoms with Crippen LogP contribution in [0.25, 0.3) is 11.1 Å². The number of hydrogen-bond acceptors (Lipinski definition) is 2. The Morgan fingerprint density at radius 1 is 0.905 bits per heavy atom. The minimum absolute atomic E-state index is 0.192. The molecule has 0 bridgehead atoms. The summed E-state index contributed by atoms with van der Waals surface area (Å²) in [4.78, 5) is 23.2. The van der Waals surface area contributed by atoms with E-state index in [0.717, 1.165) is 5.56 Å². The van der Waals surface area contributed by atoms with Crippen molar-refractivity contribution in [1.82, 2.24) is 0 Å². The molecular formula is C16H9F3O2. The van der Waals surface area contributed by atoms with Gasteiger partial charge in [-0.05, 0) is 22.8 Å². The summed E-state index contributed by atoms with van der Waals surface area (Å²) in [5.41, 5.74) is 2.54. The summed E-state index contributed by atoms with van der Waals surface area (Å²) in [5.74, 6) is -2.03. The number of carbonyl (C=O) groups excluding carboxylic acids is 2. The van der Waals surface area contributed by atoms with E-state index in [1.54, 1.807) is 30.3 Å². The molecule has 21 heavy (non-hydrogen) atoms. The number of fused-ring (bicyclic) bond motifs is 3. The van der Waals surface area contributed by atoms with Crippen LogP contribution in [-0.4, -0.2) is 17.7 Å². The molecule has 0 fully saturated rings. The Labute approximate surface area is 118 Å². The largest absolute Gasteiger partial charge is 0.450 e. The van der Waals surface area contributed by atoms with Gasteiger partial charge in [-0.1, -0.05) is 36.4 Å². The van der Waals surface area contributed by atoms with E-state index in [1.807, 2.05) is 0 Å². The molecule has 1 aliphatic rings. The van der Waals surface area contributed by atoms with E-state index < -0.39 is 18.4 Å². The Morgan fingerprint density at radius 3 is 2.19 bits per heavy atom. The van der Waals surface area contributed by atoms with Crippen molar-refractivity contribution in [2.75, 3.05) is 0 Å². The van der Waals surface area contributed by atoms with Crippen molar-refractivity contribution in [3.63, 3.8) is 0 Å². The summed E-state index contributed by atoms with van der Waals surface area (Å²) in [7, 11) is 0. The molecule has 0 heterocycles. The molecule has 0 saturated heterocycles. The summed E-state index contributed by atoms with van der Waals surface area (Å²) >= 11 is 0. The number of benzene rings is 2. The van der Waals surface area contributed by atoms with Crippen molar-refractivity contribution in [3.05, 3.63) is 59.2 Å². The molecule has 0 amide bonds. The fourth-order valence-electron chi connectivity index (χ4n) is 2.47. The second-order valence-electron chi connectivity index (χ2n) is 4.85. The molecule has 0 radical (unpaired) electrons. The second kappa shape index (κ2) is 4.55. The number of halogens is 3. The standard InChI is InChI=1S/C16H9F3O2/c17-16(18,19)14(20)8-9-5-6-11-10-3-1-2-4-12(10)15(21)13(11)7-9/h1-7H,8H2. The summed E-state index contributed by atoms with van der Waals surface area (Å²) < 4.78 is 36.9. The first-order valence-electron chi connectivity index (χ1n) is 6.25. The van der Waals surface area contributed by atoms with E-state index in [2.05, 4.69) is 0 Å². The molecule has 1 aliphatic carbocycles. The summed E-state index contributed by atoms with van der Waals surface area (Å²) in [6.45, 7) is 0. The van der Waals surface area contributed by atoms with Gasteiger partial charge in [0.2, 0.25) is 5.78 Å².